The highest BCUT2D eigenvalue weighted by atomic mass is 16.7. The number of amides is 1. The van der Waals surface area contributed by atoms with Gasteiger partial charge in [-0.2, -0.15) is 0 Å². The predicted molar refractivity (Wildman–Crippen MR) is 91.0 cm³/mol. The van der Waals surface area contributed by atoms with Crippen molar-refractivity contribution in [2.75, 3.05) is 21.3 Å². The number of hydrogen-bond donors (Lipinski definition) is 1. The summed E-state index contributed by atoms with van der Waals surface area (Å²) in [7, 11) is 4.62. The first-order valence-electron chi connectivity index (χ1n) is 8.47. The third-order valence-electron chi connectivity index (χ3n) is 5.02. The van der Waals surface area contributed by atoms with E-state index in [0.29, 0.717) is 24.1 Å². The number of hydrogen-bond acceptors (Lipinski definition) is 5. The highest BCUT2D eigenvalue weighted by molar-refractivity contribution is 5.74. The molecule has 1 atom stereocenters. The van der Waals surface area contributed by atoms with Gasteiger partial charge in [0.25, 0.3) is 0 Å². The summed E-state index contributed by atoms with van der Waals surface area (Å²) < 4.78 is 5.06. The molecule has 1 unspecified atom stereocenters. The Balaban J connectivity index is 1.90. The van der Waals surface area contributed by atoms with Gasteiger partial charge in [0.1, 0.15) is 0 Å². The molecule has 25 heavy (non-hydrogen) atoms. The first-order chi connectivity index (χ1) is 11.9. The lowest BCUT2D eigenvalue weighted by molar-refractivity contribution is -0.169. The van der Waals surface area contributed by atoms with Crippen LogP contribution in [-0.4, -0.2) is 48.3 Å². The van der Waals surface area contributed by atoms with Crippen molar-refractivity contribution in [1.29, 1.82) is 0 Å². The Labute approximate surface area is 147 Å². The maximum atomic E-state index is 11.8. The molecule has 1 aliphatic carbocycles. The first kappa shape index (κ1) is 19.2. The van der Waals surface area contributed by atoms with E-state index < -0.39 is 5.97 Å². The van der Waals surface area contributed by atoms with E-state index in [-0.39, 0.29) is 18.2 Å². The van der Waals surface area contributed by atoms with Gasteiger partial charge < -0.3 is 9.84 Å². The van der Waals surface area contributed by atoms with Crippen LogP contribution in [0.2, 0.25) is 0 Å². The van der Waals surface area contributed by atoms with E-state index in [9.17, 15) is 14.7 Å². The minimum absolute atomic E-state index is 0.0348. The number of hydroxylamine groups is 2. The highest BCUT2D eigenvalue weighted by Gasteiger charge is 2.37. The fraction of sp³-hybridized carbons (Fsp3) is 0.611. The molecule has 1 saturated carbocycles. The molecule has 0 radical (unpaired) electrons. The number of pyridine rings is 1. The summed E-state index contributed by atoms with van der Waals surface area (Å²) >= 11 is 0. The maximum absolute atomic E-state index is 11.8. The molecule has 1 aromatic heterocycles. The molecule has 0 spiro atoms. The van der Waals surface area contributed by atoms with Gasteiger partial charge in [-0.05, 0) is 42.6 Å². The Morgan fingerprint density at radius 1 is 1.36 bits per heavy atom. The van der Waals surface area contributed by atoms with Crippen LogP contribution < -0.4 is 4.74 Å². The van der Waals surface area contributed by atoms with Crippen molar-refractivity contribution in [3.05, 3.63) is 23.9 Å². The molecule has 0 saturated heterocycles. The van der Waals surface area contributed by atoms with Crippen molar-refractivity contribution in [2.24, 2.45) is 11.8 Å². The van der Waals surface area contributed by atoms with Crippen LogP contribution >= 0.6 is 0 Å². The fourth-order valence-corrected chi connectivity index (χ4v) is 3.41. The average molecular weight is 350 g/mol. The summed E-state index contributed by atoms with van der Waals surface area (Å²) in [6.07, 6.45) is 4.94. The summed E-state index contributed by atoms with van der Waals surface area (Å²) in [4.78, 5) is 32.1. The molecule has 2 rings (SSSR count). The van der Waals surface area contributed by atoms with Crippen LogP contribution in [0.4, 0.5) is 0 Å². The number of aromatic nitrogens is 1. The number of aliphatic carboxylic acids is 1. The first-order valence-corrected chi connectivity index (χ1v) is 8.47. The largest absolute Gasteiger partial charge is 0.481 e. The molecule has 1 aliphatic rings. The number of ether oxygens (including phenoxy) is 1. The van der Waals surface area contributed by atoms with Crippen LogP contribution in [0.1, 0.15) is 43.6 Å². The van der Waals surface area contributed by atoms with Gasteiger partial charge in [-0.3, -0.25) is 14.4 Å². The van der Waals surface area contributed by atoms with Crippen molar-refractivity contribution in [3.8, 4) is 5.88 Å². The molecule has 1 amide bonds. The van der Waals surface area contributed by atoms with Gasteiger partial charge in [0.05, 0.1) is 20.6 Å². The van der Waals surface area contributed by atoms with Crippen molar-refractivity contribution >= 4 is 11.9 Å². The quantitative estimate of drug-likeness (QED) is 0.688. The second-order valence-electron chi connectivity index (χ2n) is 6.55. The van der Waals surface area contributed by atoms with E-state index in [4.69, 9.17) is 9.57 Å². The summed E-state index contributed by atoms with van der Waals surface area (Å²) in [6, 6.07) is 3.66. The molecule has 0 aromatic carbocycles. The zero-order valence-corrected chi connectivity index (χ0v) is 15.0. The molecule has 0 aliphatic heterocycles. The third-order valence-corrected chi connectivity index (χ3v) is 5.02. The van der Waals surface area contributed by atoms with Gasteiger partial charge >= 0.3 is 5.97 Å². The molecule has 7 nitrogen and oxygen atoms in total. The minimum atomic E-state index is -0.804. The Kier molecular flexibility index (Phi) is 6.75. The standard InChI is InChI=1S/C18H26N2O5/c1-20(25-3)17(21)7-4-12-8-14(9-12)15(10-18(22)23)13-5-6-16(24-2)19-11-13/h5-6,11-12,14-15H,4,7-10H2,1-3H3,(H,22,23). The summed E-state index contributed by atoms with van der Waals surface area (Å²) in [5.41, 5.74) is 0.932. The number of carboxylic acids is 1. The molecule has 1 fully saturated rings. The van der Waals surface area contributed by atoms with Gasteiger partial charge in [-0.25, -0.2) is 10.0 Å². The molecule has 7 heteroatoms. The van der Waals surface area contributed by atoms with Gasteiger partial charge in [-0.1, -0.05) is 6.07 Å². The number of carboxylic acid groups (broad SMARTS) is 1. The molecule has 1 N–H and O–H groups in total. The van der Waals surface area contributed by atoms with E-state index in [1.54, 1.807) is 26.4 Å². The van der Waals surface area contributed by atoms with E-state index in [1.807, 2.05) is 6.07 Å². The molecule has 138 valence electrons. The SMILES string of the molecule is COc1ccc(C(CC(=O)O)C2CC(CCC(=O)N(C)OC)C2)cn1. The summed E-state index contributed by atoms with van der Waals surface area (Å²) in [5.74, 6) is 0.399. The zero-order valence-electron chi connectivity index (χ0n) is 15.0. The van der Waals surface area contributed by atoms with Crippen molar-refractivity contribution in [3.63, 3.8) is 0 Å². The van der Waals surface area contributed by atoms with Crippen LogP contribution in [0.25, 0.3) is 0 Å². The Morgan fingerprint density at radius 3 is 2.60 bits per heavy atom. The molecule has 0 bridgehead atoms. The number of nitrogens with zero attached hydrogens (tertiary/aromatic N) is 2. The zero-order chi connectivity index (χ0) is 18.4. The number of rotatable bonds is 9. The van der Waals surface area contributed by atoms with Gasteiger partial charge in [0.15, 0.2) is 0 Å². The van der Waals surface area contributed by atoms with Crippen LogP contribution in [0, 0.1) is 11.8 Å². The normalized spacial score (nSPS) is 20.4. The Bertz CT molecular complexity index is 584. The summed E-state index contributed by atoms with van der Waals surface area (Å²) in [6.45, 7) is 0. The lowest BCUT2D eigenvalue weighted by Gasteiger charge is -2.40. The minimum Gasteiger partial charge on any atom is -0.481 e. The van der Waals surface area contributed by atoms with E-state index >= 15 is 0 Å². The molecule has 1 aromatic rings. The molecular weight excluding hydrogens is 324 g/mol. The van der Waals surface area contributed by atoms with Crippen LogP contribution in [-0.2, 0) is 14.4 Å². The Hall–Kier alpha value is -2.15. The number of methoxy groups -OCH3 is 1. The van der Waals surface area contributed by atoms with Crippen LogP contribution in [0.3, 0.4) is 0 Å². The average Bonchev–Trinajstić information content (AvgIpc) is 2.58. The number of carbonyl (C=O) groups excluding carboxylic acids is 1. The van der Waals surface area contributed by atoms with Crippen molar-refractivity contribution < 1.29 is 24.3 Å². The van der Waals surface area contributed by atoms with Crippen molar-refractivity contribution in [2.45, 2.75) is 38.0 Å². The van der Waals surface area contributed by atoms with E-state index in [2.05, 4.69) is 4.98 Å². The van der Waals surface area contributed by atoms with Crippen LogP contribution in [0.15, 0.2) is 18.3 Å². The smallest absolute Gasteiger partial charge is 0.303 e. The summed E-state index contributed by atoms with van der Waals surface area (Å²) in [5, 5.41) is 10.5. The van der Waals surface area contributed by atoms with Gasteiger partial charge in [0, 0.05) is 25.7 Å². The second kappa shape index (κ2) is 8.80. The topological polar surface area (TPSA) is 89.0 Å². The third kappa shape index (κ3) is 5.16. The van der Waals surface area contributed by atoms with E-state index in [1.165, 1.54) is 12.2 Å². The van der Waals surface area contributed by atoms with E-state index in [0.717, 1.165) is 24.8 Å². The van der Waals surface area contributed by atoms with Gasteiger partial charge in [-0.15, -0.1) is 0 Å². The fourth-order valence-electron chi connectivity index (χ4n) is 3.41. The maximum Gasteiger partial charge on any atom is 0.303 e. The van der Waals surface area contributed by atoms with Crippen LogP contribution in [0.5, 0.6) is 5.88 Å². The highest BCUT2D eigenvalue weighted by Crippen LogP contribution is 2.46. The van der Waals surface area contributed by atoms with Gasteiger partial charge in [0.2, 0.25) is 11.8 Å². The molecular formula is C18H26N2O5. The lowest BCUT2D eigenvalue weighted by Crippen LogP contribution is -2.32. The van der Waals surface area contributed by atoms with Crippen molar-refractivity contribution in [1.82, 2.24) is 10.0 Å². The number of carbonyl (C=O) groups is 2. The molecule has 1 heterocycles. The lowest BCUT2D eigenvalue weighted by atomic mass is 9.65. The second-order valence-corrected chi connectivity index (χ2v) is 6.55. The predicted octanol–water partition coefficient (Wildman–Crippen LogP) is 2.47. The Morgan fingerprint density at radius 2 is 2.08 bits per heavy atom. The monoisotopic (exact) mass is 350 g/mol.